The van der Waals surface area contributed by atoms with E-state index in [9.17, 15) is 9.59 Å². The lowest BCUT2D eigenvalue weighted by Crippen LogP contribution is -2.47. The highest BCUT2D eigenvalue weighted by Crippen LogP contribution is 2.37. The molecule has 2 aromatic rings. The third kappa shape index (κ3) is 5.43. The highest BCUT2D eigenvalue weighted by Gasteiger charge is 2.40. The van der Waals surface area contributed by atoms with Crippen molar-refractivity contribution in [2.24, 2.45) is 13.0 Å². The molecule has 8 heteroatoms. The lowest BCUT2D eigenvalue weighted by atomic mass is 9.80. The molecular formula is C25H28Cl2N4O2. The number of nitrogens with zero attached hydrogens (tertiary/aromatic N) is 3. The van der Waals surface area contributed by atoms with E-state index in [1.807, 2.05) is 17.0 Å². The summed E-state index contributed by atoms with van der Waals surface area (Å²) >= 11 is 12.9. The number of pyridine rings is 1. The molecule has 2 heterocycles. The van der Waals surface area contributed by atoms with Gasteiger partial charge >= 0.3 is 0 Å². The van der Waals surface area contributed by atoms with Crippen LogP contribution in [0.15, 0.2) is 35.3 Å². The number of hydrogen-bond acceptors (Lipinski definition) is 4. The standard InChI is InChI=1S/C25H28Cl2N4O2/c1-30-10-7-17(13-23(30)32)20-6-9-29-14-21(20)25(33)31(19-4-5-19)15-18-11-16(3-2-8-28)12-22(26)24(18)27/h7,10-13,19-21,29H,2-6,9,14-15H2,1H3. The van der Waals surface area contributed by atoms with Crippen molar-refractivity contribution in [3.05, 3.63) is 67.6 Å². The number of carbonyl (C=O) groups is 1. The van der Waals surface area contributed by atoms with Crippen LogP contribution in [-0.4, -0.2) is 34.5 Å². The van der Waals surface area contributed by atoms with Crippen molar-refractivity contribution in [1.29, 1.82) is 5.26 Å². The molecule has 1 aromatic heterocycles. The average molecular weight is 487 g/mol. The van der Waals surface area contributed by atoms with Gasteiger partial charge in [0.05, 0.1) is 22.0 Å². The average Bonchev–Trinajstić information content (AvgIpc) is 3.65. The van der Waals surface area contributed by atoms with Crippen LogP contribution in [0.2, 0.25) is 10.0 Å². The van der Waals surface area contributed by atoms with Gasteiger partial charge in [0.1, 0.15) is 0 Å². The van der Waals surface area contributed by atoms with Crippen molar-refractivity contribution in [3.8, 4) is 6.07 Å². The summed E-state index contributed by atoms with van der Waals surface area (Å²) < 4.78 is 1.54. The van der Waals surface area contributed by atoms with Gasteiger partial charge in [-0.1, -0.05) is 29.3 Å². The first-order valence-corrected chi connectivity index (χ1v) is 12.2. The second-order valence-electron chi connectivity index (χ2n) is 9.02. The van der Waals surface area contributed by atoms with E-state index in [0.717, 1.165) is 42.5 Å². The summed E-state index contributed by atoms with van der Waals surface area (Å²) in [5.74, 6) is -0.164. The fourth-order valence-corrected chi connectivity index (χ4v) is 5.08. The van der Waals surface area contributed by atoms with Gasteiger partial charge in [-0.25, -0.2) is 0 Å². The third-order valence-electron chi connectivity index (χ3n) is 6.66. The van der Waals surface area contributed by atoms with Crippen LogP contribution >= 0.6 is 23.2 Å². The highest BCUT2D eigenvalue weighted by atomic mass is 35.5. The third-order valence-corrected chi connectivity index (χ3v) is 7.50. The molecular weight excluding hydrogens is 459 g/mol. The summed E-state index contributed by atoms with van der Waals surface area (Å²) in [6.07, 6.45) is 5.51. The second kappa shape index (κ2) is 10.3. The molecule has 174 valence electrons. The summed E-state index contributed by atoms with van der Waals surface area (Å²) in [7, 11) is 1.73. The summed E-state index contributed by atoms with van der Waals surface area (Å²) in [6.45, 7) is 1.79. The maximum Gasteiger partial charge on any atom is 0.250 e. The van der Waals surface area contributed by atoms with E-state index in [0.29, 0.717) is 36.0 Å². The van der Waals surface area contributed by atoms with Crippen LogP contribution < -0.4 is 10.9 Å². The van der Waals surface area contributed by atoms with E-state index < -0.39 is 0 Å². The predicted octanol–water partition coefficient (Wildman–Crippen LogP) is 4.03. The molecule has 0 bridgehead atoms. The van der Waals surface area contributed by atoms with Crippen LogP contribution in [0.3, 0.4) is 0 Å². The van der Waals surface area contributed by atoms with E-state index in [1.165, 1.54) is 0 Å². The van der Waals surface area contributed by atoms with Crippen LogP contribution in [0.1, 0.15) is 48.3 Å². The van der Waals surface area contributed by atoms with Crippen molar-refractivity contribution < 1.29 is 4.79 Å². The lowest BCUT2D eigenvalue weighted by molar-refractivity contribution is -0.138. The van der Waals surface area contributed by atoms with Crippen LogP contribution in [0, 0.1) is 17.2 Å². The van der Waals surface area contributed by atoms with Gasteiger partial charge in [0.15, 0.2) is 0 Å². The summed E-state index contributed by atoms with van der Waals surface area (Å²) in [6, 6.07) is 9.73. The number of aryl methyl sites for hydroxylation is 2. The Labute approximate surface area is 204 Å². The minimum Gasteiger partial charge on any atom is -0.335 e. The summed E-state index contributed by atoms with van der Waals surface area (Å²) in [5, 5.41) is 13.2. The predicted molar refractivity (Wildman–Crippen MR) is 129 cm³/mol. The van der Waals surface area contributed by atoms with Gasteiger partial charge in [-0.05, 0) is 67.0 Å². The normalized spacial score (nSPS) is 20.3. The molecule has 0 spiro atoms. The Balaban J connectivity index is 1.61. The van der Waals surface area contributed by atoms with Crippen LogP contribution in [0.25, 0.3) is 0 Å². The van der Waals surface area contributed by atoms with Crippen LogP contribution in [-0.2, 0) is 24.8 Å². The largest absolute Gasteiger partial charge is 0.335 e. The topological polar surface area (TPSA) is 78.1 Å². The molecule has 1 N–H and O–H groups in total. The maximum absolute atomic E-state index is 13.9. The summed E-state index contributed by atoms with van der Waals surface area (Å²) in [5.41, 5.74) is 2.62. The minimum atomic E-state index is -0.248. The molecule has 6 nitrogen and oxygen atoms in total. The first-order chi connectivity index (χ1) is 15.9. The second-order valence-corrected chi connectivity index (χ2v) is 9.81. The molecule has 1 aromatic carbocycles. The van der Waals surface area contributed by atoms with Gasteiger partial charge in [0.2, 0.25) is 5.91 Å². The van der Waals surface area contributed by atoms with E-state index in [1.54, 1.807) is 29.9 Å². The van der Waals surface area contributed by atoms with Gasteiger partial charge in [0.25, 0.3) is 5.56 Å². The number of amides is 1. The number of halogens is 2. The Morgan fingerprint density at radius 2 is 2.06 bits per heavy atom. The van der Waals surface area contributed by atoms with E-state index >= 15 is 0 Å². The number of rotatable bonds is 7. The zero-order valence-electron chi connectivity index (χ0n) is 18.7. The summed E-state index contributed by atoms with van der Waals surface area (Å²) in [4.78, 5) is 28.0. The maximum atomic E-state index is 13.9. The van der Waals surface area contributed by atoms with Gasteiger partial charge in [0, 0.05) is 44.9 Å². The van der Waals surface area contributed by atoms with Crippen LogP contribution in [0.5, 0.6) is 0 Å². The van der Waals surface area contributed by atoms with E-state index in [4.69, 9.17) is 28.5 Å². The van der Waals surface area contributed by atoms with Gasteiger partial charge in [-0.3, -0.25) is 9.59 Å². The molecule has 4 rings (SSSR count). The SMILES string of the molecule is Cn1ccc(C2CCNCC2C(=O)N(Cc2cc(CCC#N)cc(Cl)c2Cl)C2CC2)cc1=O. The quantitative estimate of drug-likeness (QED) is 0.640. The fourth-order valence-electron chi connectivity index (χ4n) is 4.65. The Bertz CT molecular complexity index is 1140. The van der Waals surface area contributed by atoms with Crippen molar-refractivity contribution in [1.82, 2.24) is 14.8 Å². The fraction of sp³-hybridized carbons (Fsp3) is 0.480. The molecule has 2 fully saturated rings. The zero-order chi connectivity index (χ0) is 23.5. The Kier molecular flexibility index (Phi) is 7.43. The lowest BCUT2D eigenvalue weighted by Gasteiger charge is -2.36. The Morgan fingerprint density at radius 3 is 2.76 bits per heavy atom. The van der Waals surface area contributed by atoms with Gasteiger partial charge < -0.3 is 14.8 Å². The van der Waals surface area contributed by atoms with E-state index in [2.05, 4.69) is 11.4 Å². The van der Waals surface area contributed by atoms with E-state index in [-0.39, 0.29) is 29.3 Å². The zero-order valence-corrected chi connectivity index (χ0v) is 20.2. The number of hydrogen-bond donors (Lipinski definition) is 1. The Hall–Kier alpha value is -2.33. The number of benzene rings is 1. The molecule has 33 heavy (non-hydrogen) atoms. The number of nitrogens with one attached hydrogen (secondary N) is 1. The first-order valence-electron chi connectivity index (χ1n) is 11.4. The number of carbonyl (C=O) groups excluding carboxylic acids is 1. The van der Waals surface area contributed by atoms with Gasteiger partial charge in [-0.15, -0.1) is 0 Å². The highest BCUT2D eigenvalue weighted by molar-refractivity contribution is 6.42. The minimum absolute atomic E-state index is 0.00470. The monoisotopic (exact) mass is 486 g/mol. The Morgan fingerprint density at radius 1 is 1.27 bits per heavy atom. The molecule has 2 atom stereocenters. The van der Waals surface area contributed by atoms with Crippen molar-refractivity contribution in [2.75, 3.05) is 13.1 Å². The molecule has 2 aliphatic rings. The van der Waals surface area contributed by atoms with Crippen molar-refractivity contribution >= 4 is 29.1 Å². The molecule has 2 unspecified atom stereocenters. The number of nitriles is 1. The number of aromatic nitrogens is 1. The number of piperidine rings is 1. The first kappa shape index (κ1) is 23.8. The molecule has 1 aliphatic carbocycles. The van der Waals surface area contributed by atoms with Gasteiger partial charge in [-0.2, -0.15) is 5.26 Å². The van der Waals surface area contributed by atoms with Crippen molar-refractivity contribution in [2.45, 2.75) is 50.6 Å². The molecule has 1 aliphatic heterocycles. The van der Waals surface area contributed by atoms with Crippen LogP contribution in [0.4, 0.5) is 0 Å². The smallest absolute Gasteiger partial charge is 0.250 e. The van der Waals surface area contributed by atoms with Crippen molar-refractivity contribution in [3.63, 3.8) is 0 Å². The molecule has 0 radical (unpaired) electrons. The molecule has 1 amide bonds. The molecule has 1 saturated carbocycles. The molecule has 1 saturated heterocycles.